The Hall–Kier alpha value is 0.861. The number of carbonyl (C=O) groups is 1. The van der Waals surface area contributed by atoms with Crippen molar-refractivity contribution in [3.8, 4) is 0 Å². The van der Waals surface area contributed by atoms with E-state index in [-0.39, 0.29) is 63.2 Å². The molecule has 0 saturated carbocycles. The first kappa shape index (κ1) is 12.9. The van der Waals surface area contributed by atoms with Gasteiger partial charge in [0.05, 0.1) is 0 Å². The van der Waals surface area contributed by atoms with E-state index in [1.165, 1.54) is 5.38 Å². The zero-order chi connectivity index (χ0) is 8.48. The molecule has 0 fully saturated rings. The van der Waals surface area contributed by atoms with Gasteiger partial charge in [0.15, 0.2) is 0 Å². The third kappa shape index (κ3) is 2.97. The smallest absolute Gasteiger partial charge is 0.445 e. The maximum Gasteiger partial charge on any atom is 1.00 e. The Morgan fingerprint density at radius 2 is 1.92 bits per heavy atom. The summed E-state index contributed by atoms with van der Waals surface area (Å²) in [5.41, 5.74) is -1.05. The summed E-state index contributed by atoms with van der Waals surface area (Å²) in [7, 11) is 0. The van der Waals surface area contributed by atoms with Gasteiger partial charge in [0.25, 0.3) is 0 Å². The number of aldehydes is 1. The molecule has 0 unspecified atom stereocenters. The molecule has 1 aromatic rings. The van der Waals surface area contributed by atoms with Gasteiger partial charge in [-0.05, 0) is 16.3 Å². The molecule has 0 aromatic carbocycles. The largest absolute Gasteiger partial charge is 1.00 e. The fraction of sp³-hybridized carbons (Fsp3) is 0. The number of hydrogen-bond donors (Lipinski definition) is 0. The molecule has 0 amide bonds. The van der Waals surface area contributed by atoms with Crippen LogP contribution in [0.25, 0.3) is 0 Å². The number of halogens is 3. The molecule has 0 bridgehead atoms. The summed E-state index contributed by atoms with van der Waals surface area (Å²) in [6.45, 7) is -5.02. The molecule has 0 saturated heterocycles. The van der Waals surface area contributed by atoms with Crippen LogP contribution in [0.1, 0.15) is 10.4 Å². The van der Waals surface area contributed by atoms with Gasteiger partial charge in [-0.25, -0.2) is 0 Å². The van der Waals surface area contributed by atoms with Crippen molar-refractivity contribution in [2.45, 2.75) is 0 Å². The minimum Gasteiger partial charge on any atom is -0.445 e. The molecular formula is C5H3BF3KOS. The average Bonchev–Trinajstić information content (AvgIpc) is 2.31. The van der Waals surface area contributed by atoms with Gasteiger partial charge in [0.1, 0.15) is 6.29 Å². The predicted octanol–water partition coefficient (Wildman–Crippen LogP) is -1.38. The third-order valence-electron chi connectivity index (χ3n) is 1.20. The Bertz CT molecular complexity index is 272. The maximum atomic E-state index is 12.0. The SMILES string of the molecule is O=Cc1cscc1[B-](F)(F)F.[K+]. The monoisotopic (exact) mass is 218 g/mol. The molecule has 1 nitrogen and oxygen atoms in total. The summed E-state index contributed by atoms with van der Waals surface area (Å²) < 4.78 is 35.9. The van der Waals surface area contributed by atoms with Crippen LogP contribution in [0.4, 0.5) is 12.9 Å². The summed E-state index contributed by atoms with van der Waals surface area (Å²) >= 11 is 0.882. The van der Waals surface area contributed by atoms with E-state index in [1.807, 2.05) is 0 Å². The third-order valence-corrected chi connectivity index (χ3v) is 1.98. The number of thiophene rings is 1. The molecule has 0 atom stereocenters. The minimum absolute atomic E-state index is 0. The van der Waals surface area contributed by atoms with Crippen molar-refractivity contribution in [2.24, 2.45) is 0 Å². The fourth-order valence-electron chi connectivity index (χ4n) is 0.679. The Kier molecular flexibility index (Phi) is 5.27. The molecule has 1 aromatic heterocycles. The molecule has 0 radical (unpaired) electrons. The van der Waals surface area contributed by atoms with Crippen molar-refractivity contribution in [1.29, 1.82) is 0 Å². The van der Waals surface area contributed by atoms with E-state index in [0.29, 0.717) is 0 Å². The fourth-order valence-corrected chi connectivity index (χ4v) is 1.52. The maximum absolute atomic E-state index is 12.0. The molecular weight excluding hydrogens is 215 g/mol. The van der Waals surface area contributed by atoms with Crippen LogP contribution in [-0.4, -0.2) is 13.3 Å². The molecule has 1 heterocycles. The first-order chi connectivity index (χ1) is 5.05. The van der Waals surface area contributed by atoms with Crippen molar-refractivity contribution in [2.75, 3.05) is 0 Å². The van der Waals surface area contributed by atoms with E-state index >= 15 is 0 Å². The molecule has 0 N–H and O–H groups in total. The summed E-state index contributed by atoms with van der Waals surface area (Å²) in [6.07, 6.45) is 0.223. The van der Waals surface area contributed by atoms with Gasteiger partial charge in [-0.1, -0.05) is 5.46 Å². The van der Waals surface area contributed by atoms with Crippen molar-refractivity contribution < 1.29 is 69.1 Å². The molecule has 0 aliphatic heterocycles. The van der Waals surface area contributed by atoms with E-state index in [4.69, 9.17) is 0 Å². The second kappa shape index (κ2) is 4.92. The Morgan fingerprint density at radius 1 is 1.33 bits per heavy atom. The predicted molar refractivity (Wildman–Crippen MR) is 38.4 cm³/mol. The molecule has 0 aliphatic rings. The summed E-state index contributed by atoms with van der Waals surface area (Å²) in [4.78, 5) is 10.1. The number of hydrogen-bond acceptors (Lipinski definition) is 2. The van der Waals surface area contributed by atoms with E-state index in [2.05, 4.69) is 0 Å². The van der Waals surface area contributed by atoms with E-state index < -0.39 is 12.4 Å². The normalized spacial score (nSPS) is 10.6. The minimum atomic E-state index is -5.02. The van der Waals surface area contributed by atoms with Crippen LogP contribution in [0, 0.1) is 0 Å². The van der Waals surface area contributed by atoms with Crippen LogP contribution in [0.15, 0.2) is 10.8 Å². The molecule has 0 aliphatic carbocycles. The van der Waals surface area contributed by atoms with Gasteiger partial charge < -0.3 is 12.9 Å². The van der Waals surface area contributed by atoms with Crippen molar-refractivity contribution in [1.82, 2.24) is 0 Å². The van der Waals surface area contributed by atoms with Crippen molar-refractivity contribution in [3.63, 3.8) is 0 Å². The molecule has 7 heteroatoms. The zero-order valence-electron chi connectivity index (χ0n) is 6.26. The van der Waals surface area contributed by atoms with Gasteiger partial charge in [0.2, 0.25) is 0 Å². The quantitative estimate of drug-likeness (QED) is 0.441. The molecule has 60 valence electrons. The van der Waals surface area contributed by atoms with Crippen LogP contribution in [-0.2, 0) is 0 Å². The van der Waals surface area contributed by atoms with Crippen molar-refractivity contribution in [3.05, 3.63) is 16.3 Å². The van der Waals surface area contributed by atoms with E-state index in [9.17, 15) is 17.7 Å². The van der Waals surface area contributed by atoms with Gasteiger partial charge >= 0.3 is 58.4 Å². The number of carbonyl (C=O) groups excluding carboxylic acids is 1. The zero-order valence-corrected chi connectivity index (χ0v) is 10.2. The van der Waals surface area contributed by atoms with Crippen LogP contribution in [0.3, 0.4) is 0 Å². The van der Waals surface area contributed by atoms with Crippen LogP contribution < -0.4 is 56.8 Å². The van der Waals surface area contributed by atoms with Crippen LogP contribution >= 0.6 is 11.3 Å². The average molecular weight is 218 g/mol. The first-order valence-corrected chi connectivity index (χ1v) is 3.71. The van der Waals surface area contributed by atoms with Crippen LogP contribution in [0.2, 0.25) is 0 Å². The van der Waals surface area contributed by atoms with Gasteiger partial charge in [0, 0.05) is 0 Å². The van der Waals surface area contributed by atoms with Gasteiger partial charge in [-0.2, -0.15) is 11.3 Å². The molecule has 12 heavy (non-hydrogen) atoms. The summed E-state index contributed by atoms with van der Waals surface area (Å²) in [5, 5.41) is 2.14. The Balaban J connectivity index is 0.00000121. The summed E-state index contributed by atoms with van der Waals surface area (Å²) in [6, 6.07) is 0. The standard InChI is InChI=1S/C5H3BF3OS.K/c7-6(8,9)5-3-11-2-4(5)1-10;/h1-3H;/q-1;+1. The van der Waals surface area contributed by atoms with Gasteiger partial charge in [-0.3, -0.25) is 4.79 Å². The topological polar surface area (TPSA) is 17.1 Å². The van der Waals surface area contributed by atoms with Crippen molar-refractivity contribution >= 4 is 30.1 Å². The second-order valence-electron chi connectivity index (χ2n) is 1.98. The Labute approximate surface area is 114 Å². The Morgan fingerprint density at radius 3 is 2.25 bits per heavy atom. The second-order valence-corrected chi connectivity index (χ2v) is 2.72. The molecule has 1 rings (SSSR count). The van der Waals surface area contributed by atoms with Crippen LogP contribution in [0.5, 0.6) is 0 Å². The first-order valence-electron chi connectivity index (χ1n) is 2.77. The molecule has 0 spiro atoms. The summed E-state index contributed by atoms with van der Waals surface area (Å²) in [5.74, 6) is 0. The van der Waals surface area contributed by atoms with E-state index in [1.54, 1.807) is 0 Å². The van der Waals surface area contributed by atoms with Gasteiger partial charge in [-0.15, -0.1) is 0 Å². The van der Waals surface area contributed by atoms with E-state index in [0.717, 1.165) is 16.7 Å². The number of rotatable bonds is 2.